The highest BCUT2D eigenvalue weighted by molar-refractivity contribution is 9.10. The van der Waals surface area contributed by atoms with E-state index in [1.54, 1.807) is 12.3 Å². The molecule has 1 heterocycles. The summed E-state index contributed by atoms with van der Waals surface area (Å²) in [6, 6.07) is 1.76. The third-order valence-electron chi connectivity index (χ3n) is 2.60. The quantitative estimate of drug-likeness (QED) is 0.629. The van der Waals surface area contributed by atoms with E-state index in [2.05, 4.69) is 27.0 Å². The Kier molecular flexibility index (Phi) is 3.39. The van der Waals surface area contributed by atoms with Crippen molar-refractivity contribution in [1.29, 1.82) is 0 Å². The smallest absolute Gasteiger partial charge is 0.224 e. The van der Waals surface area contributed by atoms with Gasteiger partial charge in [-0.05, 0) is 34.8 Å². The van der Waals surface area contributed by atoms with E-state index in [1.807, 2.05) is 0 Å². The molecule has 1 aromatic rings. The van der Waals surface area contributed by atoms with Crippen LogP contribution in [0, 0.1) is 0 Å². The van der Waals surface area contributed by atoms with E-state index in [9.17, 15) is 4.79 Å². The number of nitrogens with zero attached hydrogens (tertiary/aromatic N) is 1. The van der Waals surface area contributed by atoms with Gasteiger partial charge in [0.15, 0.2) is 5.78 Å². The van der Waals surface area contributed by atoms with Gasteiger partial charge in [-0.3, -0.25) is 4.79 Å². The summed E-state index contributed by atoms with van der Waals surface area (Å²) in [5.41, 5.74) is 1.76. The Hall–Kier alpha value is -1.16. The minimum Gasteiger partial charge on any atom is -0.480 e. The number of carbonyl (C=O) groups is 1. The Morgan fingerprint density at radius 3 is 2.94 bits per heavy atom. The molecule has 3 nitrogen and oxygen atoms in total. The molecule has 4 heteroatoms. The number of carbonyl (C=O) groups excluding carboxylic acids is 1. The van der Waals surface area contributed by atoms with Gasteiger partial charge in [0.05, 0.1) is 12.7 Å². The number of rotatable bonds is 4. The molecule has 1 aliphatic rings. The van der Waals surface area contributed by atoms with Gasteiger partial charge in [0.25, 0.3) is 0 Å². The Morgan fingerprint density at radius 2 is 2.38 bits per heavy atom. The fraction of sp³-hybridized carbons (Fsp3) is 0.333. The Labute approximate surface area is 103 Å². The average molecular weight is 282 g/mol. The summed E-state index contributed by atoms with van der Waals surface area (Å²) in [5.74, 6) is 0.463. The van der Waals surface area contributed by atoms with Crippen LogP contribution in [-0.4, -0.2) is 17.9 Å². The highest BCUT2D eigenvalue weighted by atomic mass is 79.9. The molecular formula is C12H12BrNO2. The van der Waals surface area contributed by atoms with Crippen LogP contribution >= 0.6 is 15.9 Å². The third kappa shape index (κ3) is 2.32. The van der Waals surface area contributed by atoms with Gasteiger partial charge in [0.2, 0.25) is 5.88 Å². The number of ether oxygens (including phenoxy) is 1. The average Bonchev–Trinajstić information content (AvgIpc) is 2.23. The first kappa shape index (κ1) is 11.3. The normalized spacial score (nSPS) is 14.0. The zero-order chi connectivity index (χ0) is 11.5. The maximum Gasteiger partial charge on any atom is 0.224 e. The van der Waals surface area contributed by atoms with Gasteiger partial charge in [-0.2, -0.15) is 0 Å². The van der Waals surface area contributed by atoms with Gasteiger partial charge in [-0.1, -0.05) is 11.6 Å². The second-order valence-electron chi connectivity index (χ2n) is 3.71. The van der Waals surface area contributed by atoms with E-state index >= 15 is 0 Å². The van der Waals surface area contributed by atoms with Crippen molar-refractivity contribution in [3.8, 4) is 5.88 Å². The number of halogens is 1. The second-order valence-corrected chi connectivity index (χ2v) is 4.63. The zero-order valence-corrected chi connectivity index (χ0v) is 10.6. The number of Topliss-reactive ketones (excluding diaryl/α,β-unsaturated/α-hetero) is 1. The minimum absolute atomic E-state index is 0.0663. The van der Waals surface area contributed by atoms with E-state index in [-0.39, 0.29) is 5.78 Å². The number of aromatic nitrogens is 1. The molecule has 0 unspecified atom stereocenters. The second kappa shape index (κ2) is 4.78. The van der Waals surface area contributed by atoms with Crippen molar-refractivity contribution in [1.82, 2.24) is 4.98 Å². The van der Waals surface area contributed by atoms with Crippen LogP contribution in [0.2, 0.25) is 0 Å². The number of pyridine rings is 1. The summed E-state index contributed by atoms with van der Waals surface area (Å²) in [7, 11) is 1.52. The van der Waals surface area contributed by atoms with Gasteiger partial charge in [-0.15, -0.1) is 0 Å². The molecule has 2 rings (SSSR count). The molecular weight excluding hydrogens is 270 g/mol. The largest absolute Gasteiger partial charge is 0.480 e. The molecule has 0 atom stereocenters. The summed E-state index contributed by atoms with van der Waals surface area (Å²) >= 11 is 3.31. The van der Waals surface area contributed by atoms with Crippen LogP contribution in [0.3, 0.4) is 0 Å². The summed E-state index contributed by atoms with van der Waals surface area (Å²) in [5, 5.41) is 0. The molecule has 0 radical (unpaired) electrons. The summed E-state index contributed by atoms with van der Waals surface area (Å²) in [6.07, 6.45) is 6.34. The van der Waals surface area contributed by atoms with Crippen molar-refractivity contribution in [3.63, 3.8) is 0 Å². The molecule has 1 aromatic heterocycles. The van der Waals surface area contributed by atoms with E-state index in [4.69, 9.17) is 4.74 Å². The Balaban J connectivity index is 2.23. The van der Waals surface area contributed by atoms with Gasteiger partial charge in [0.1, 0.15) is 0 Å². The maximum absolute atomic E-state index is 12.0. The molecule has 0 amide bonds. The number of methoxy groups -OCH3 is 1. The van der Waals surface area contributed by atoms with Crippen LogP contribution in [0.4, 0.5) is 0 Å². The highest BCUT2D eigenvalue weighted by Gasteiger charge is 2.17. The molecule has 0 N–H and O–H groups in total. The number of allylic oxidation sites excluding steroid dienone is 2. The Bertz CT molecular complexity index is 454. The minimum atomic E-state index is 0.0663. The van der Waals surface area contributed by atoms with Crippen LogP contribution < -0.4 is 4.74 Å². The van der Waals surface area contributed by atoms with Gasteiger partial charge in [0, 0.05) is 17.1 Å². The van der Waals surface area contributed by atoms with Gasteiger partial charge >= 0.3 is 0 Å². The first-order valence-electron chi connectivity index (χ1n) is 5.11. The van der Waals surface area contributed by atoms with Gasteiger partial charge < -0.3 is 4.74 Å². The Morgan fingerprint density at radius 1 is 1.62 bits per heavy atom. The molecule has 0 spiro atoms. The van der Waals surface area contributed by atoms with Crippen molar-refractivity contribution < 1.29 is 9.53 Å². The molecule has 16 heavy (non-hydrogen) atoms. The third-order valence-corrected chi connectivity index (χ3v) is 3.03. The van der Waals surface area contributed by atoms with Crippen molar-refractivity contribution in [2.75, 3.05) is 7.11 Å². The summed E-state index contributed by atoms with van der Waals surface area (Å²) < 4.78 is 5.87. The molecule has 0 aromatic carbocycles. The monoisotopic (exact) mass is 281 g/mol. The maximum atomic E-state index is 12.0. The van der Waals surface area contributed by atoms with E-state index in [1.165, 1.54) is 12.7 Å². The van der Waals surface area contributed by atoms with E-state index in [0.29, 0.717) is 17.9 Å². The molecule has 0 saturated heterocycles. The predicted octanol–water partition coefficient (Wildman–Crippen LogP) is 3.15. The van der Waals surface area contributed by atoms with Crippen LogP contribution in [-0.2, 0) is 0 Å². The van der Waals surface area contributed by atoms with Crippen molar-refractivity contribution in [2.45, 2.75) is 19.3 Å². The first-order valence-corrected chi connectivity index (χ1v) is 5.90. The first-order chi connectivity index (χ1) is 7.70. The molecule has 0 saturated carbocycles. The lowest BCUT2D eigenvalue weighted by Crippen LogP contribution is -2.07. The molecule has 0 fully saturated rings. The van der Waals surface area contributed by atoms with Crippen LogP contribution in [0.15, 0.2) is 28.4 Å². The molecule has 1 aliphatic carbocycles. The predicted molar refractivity (Wildman–Crippen MR) is 64.8 cm³/mol. The topological polar surface area (TPSA) is 39.2 Å². The standard InChI is InChI=1S/C12H12BrNO2/c1-16-12-10(6-9(13)7-14-12)11(15)5-8-3-2-4-8/h3,6-7H,2,4-5H2,1H3. The van der Waals surface area contributed by atoms with Crippen LogP contribution in [0.5, 0.6) is 5.88 Å². The van der Waals surface area contributed by atoms with Gasteiger partial charge in [-0.25, -0.2) is 4.98 Å². The number of hydrogen-bond acceptors (Lipinski definition) is 3. The zero-order valence-electron chi connectivity index (χ0n) is 9.00. The van der Waals surface area contributed by atoms with Crippen molar-refractivity contribution in [3.05, 3.63) is 33.9 Å². The van der Waals surface area contributed by atoms with E-state index < -0.39 is 0 Å². The van der Waals surface area contributed by atoms with E-state index in [0.717, 1.165) is 17.3 Å². The molecule has 84 valence electrons. The summed E-state index contributed by atoms with van der Waals surface area (Å²) in [4.78, 5) is 16.1. The van der Waals surface area contributed by atoms with Crippen molar-refractivity contribution >= 4 is 21.7 Å². The molecule has 0 aliphatic heterocycles. The fourth-order valence-corrected chi connectivity index (χ4v) is 1.93. The van der Waals surface area contributed by atoms with Crippen LogP contribution in [0.1, 0.15) is 29.6 Å². The number of hydrogen-bond donors (Lipinski definition) is 0. The lowest BCUT2D eigenvalue weighted by molar-refractivity contribution is 0.0987. The lowest BCUT2D eigenvalue weighted by atomic mass is 9.92. The molecule has 0 bridgehead atoms. The number of ketones is 1. The SMILES string of the molecule is COc1ncc(Br)cc1C(=O)CC1=CCC1. The van der Waals surface area contributed by atoms with Crippen LogP contribution in [0.25, 0.3) is 0 Å². The summed E-state index contributed by atoms with van der Waals surface area (Å²) in [6.45, 7) is 0. The fourth-order valence-electron chi connectivity index (χ4n) is 1.60. The van der Waals surface area contributed by atoms with Crippen molar-refractivity contribution in [2.24, 2.45) is 0 Å². The highest BCUT2D eigenvalue weighted by Crippen LogP contribution is 2.26. The lowest BCUT2D eigenvalue weighted by Gasteiger charge is -2.14.